The molecular weight excluding hydrogens is 434 g/mol. The second-order valence-corrected chi connectivity index (χ2v) is 10.8. The average molecular weight is 468 g/mol. The maximum Gasteiger partial charge on any atom is 0.178 e. The van der Waals surface area contributed by atoms with Gasteiger partial charge in [-0.2, -0.15) is 0 Å². The highest BCUT2D eigenvalue weighted by molar-refractivity contribution is 7.91. The Morgan fingerprint density at radius 1 is 1.15 bits per heavy atom. The Morgan fingerprint density at radius 3 is 2.55 bits per heavy atom. The van der Waals surface area contributed by atoms with Crippen molar-refractivity contribution in [2.24, 2.45) is 0 Å². The fourth-order valence-corrected chi connectivity index (χ4v) is 5.20. The maximum atomic E-state index is 12.3. The molecule has 3 heterocycles. The molecule has 6 nitrogen and oxygen atoms in total. The summed E-state index contributed by atoms with van der Waals surface area (Å²) in [5.41, 5.74) is 4.47. The molecule has 1 fully saturated rings. The van der Waals surface area contributed by atoms with E-state index in [0.29, 0.717) is 4.90 Å². The van der Waals surface area contributed by atoms with E-state index in [1.165, 1.54) is 25.9 Å². The van der Waals surface area contributed by atoms with Crippen LogP contribution in [0.4, 0.5) is 0 Å². The first-order chi connectivity index (χ1) is 15.8. The van der Waals surface area contributed by atoms with Crippen molar-refractivity contribution in [1.29, 1.82) is 0 Å². The number of rotatable bonds is 4. The number of aryl methyl sites for hydroxylation is 1. The number of hydrogen-bond acceptors (Lipinski definition) is 5. The van der Waals surface area contributed by atoms with Crippen molar-refractivity contribution in [2.75, 3.05) is 33.0 Å². The van der Waals surface area contributed by atoms with E-state index < -0.39 is 9.84 Å². The third-order valence-electron chi connectivity index (χ3n) is 6.14. The standard InChI is InChI=1S/C21H20N2O3S.C5H11N.H2/c1-4-27(24,25)15-7-5-6-14(11-15)16-8-9-18(26-3)20-19(16)17-10-13(2)12-22-21(17)23-20;1-6-4-2-3-5-6;/h5-12H,4H2,1-3H3,(H,22,23);2-5H2,1H3;1H. The molecule has 0 unspecified atom stereocenters. The Hall–Kier alpha value is -2.90. The molecule has 5 rings (SSSR count). The summed E-state index contributed by atoms with van der Waals surface area (Å²) in [6.07, 6.45) is 4.64. The molecule has 0 atom stereocenters. The molecule has 2 aromatic carbocycles. The quantitative estimate of drug-likeness (QED) is 0.432. The van der Waals surface area contributed by atoms with Gasteiger partial charge in [-0.15, -0.1) is 0 Å². The van der Waals surface area contributed by atoms with E-state index in [1.807, 2.05) is 31.3 Å². The summed E-state index contributed by atoms with van der Waals surface area (Å²) >= 11 is 0. The lowest BCUT2D eigenvalue weighted by Crippen LogP contribution is -2.10. The summed E-state index contributed by atoms with van der Waals surface area (Å²) in [4.78, 5) is 10.5. The van der Waals surface area contributed by atoms with Gasteiger partial charge in [0.1, 0.15) is 11.4 Å². The molecule has 0 bridgehead atoms. The van der Waals surface area contributed by atoms with Crippen molar-refractivity contribution >= 4 is 31.8 Å². The van der Waals surface area contributed by atoms with Gasteiger partial charge in [0.25, 0.3) is 0 Å². The molecule has 33 heavy (non-hydrogen) atoms. The minimum absolute atomic E-state index is 0. The van der Waals surface area contributed by atoms with Crippen molar-refractivity contribution in [3.8, 4) is 16.9 Å². The predicted molar refractivity (Wildman–Crippen MR) is 137 cm³/mol. The van der Waals surface area contributed by atoms with Crippen LogP contribution >= 0.6 is 0 Å². The Morgan fingerprint density at radius 2 is 1.91 bits per heavy atom. The van der Waals surface area contributed by atoms with Crippen molar-refractivity contribution in [3.63, 3.8) is 0 Å². The highest BCUT2D eigenvalue weighted by Gasteiger charge is 2.17. The van der Waals surface area contributed by atoms with Crippen molar-refractivity contribution in [2.45, 2.75) is 31.6 Å². The molecule has 1 N–H and O–H groups in total. The zero-order chi connectivity index (χ0) is 23.6. The van der Waals surface area contributed by atoms with Gasteiger partial charge in [-0.3, -0.25) is 0 Å². The predicted octanol–water partition coefficient (Wildman–Crippen LogP) is 5.45. The highest BCUT2D eigenvalue weighted by atomic mass is 32.2. The van der Waals surface area contributed by atoms with Crippen LogP contribution in [0.3, 0.4) is 0 Å². The maximum absolute atomic E-state index is 12.3. The van der Waals surface area contributed by atoms with E-state index in [4.69, 9.17) is 4.74 Å². The Bertz CT molecular complexity index is 1390. The number of ether oxygens (including phenoxy) is 1. The number of likely N-dealkylation sites (tertiary alicyclic amines) is 1. The first-order valence-electron chi connectivity index (χ1n) is 11.3. The number of fused-ring (bicyclic) bond motifs is 3. The monoisotopic (exact) mass is 467 g/mol. The number of methoxy groups -OCH3 is 1. The number of sulfone groups is 1. The Labute approximate surface area is 197 Å². The van der Waals surface area contributed by atoms with E-state index in [2.05, 4.69) is 28.0 Å². The average Bonchev–Trinajstić information content (AvgIpc) is 3.45. The summed E-state index contributed by atoms with van der Waals surface area (Å²) in [5.74, 6) is 0.798. The molecule has 1 saturated heterocycles. The molecule has 4 aromatic rings. The number of nitrogens with one attached hydrogen (secondary N) is 1. The molecule has 7 heteroatoms. The fourth-order valence-electron chi connectivity index (χ4n) is 4.27. The lowest BCUT2D eigenvalue weighted by atomic mass is 9.99. The van der Waals surface area contributed by atoms with E-state index in [0.717, 1.165) is 44.4 Å². The second kappa shape index (κ2) is 9.53. The van der Waals surface area contributed by atoms with Gasteiger partial charge < -0.3 is 14.6 Å². The lowest BCUT2D eigenvalue weighted by Gasteiger charge is -2.10. The van der Waals surface area contributed by atoms with Gasteiger partial charge in [0.2, 0.25) is 0 Å². The number of pyridine rings is 1. The van der Waals surface area contributed by atoms with Crippen molar-refractivity contribution < 1.29 is 14.6 Å². The largest absolute Gasteiger partial charge is 0.495 e. The molecule has 176 valence electrons. The van der Waals surface area contributed by atoms with Crippen LogP contribution in [0, 0.1) is 6.92 Å². The summed E-state index contributed by atoms with van der Waals surface area (Å²) in [6, 6.07) is 13.0. The van der Waals surface area contributed by atoms with Gasteiger partial charge in [-0.05, 0) is 86.9 Å². The van der Waals surface area contributed by atoms with E-state index in [1.54, 1.807) is 32.2 Å². The fraction of sp³-hybridized carbons (Fsp3) is 0.346. The topological polar surface area (TPSA) is 75.3 Å². The van der Waals surface area contributed by atoms with Crippen molar-refractivity contribution in [1.82, 2.24) is 14.9 Å². The van der Waals surface area contributed by atoms with Gasteiger partial charge in [0.15, 0.2) is 9.84 Å². The molecule has 0 saturated carbocycles. The third-order valence-corrected chi connectivity index (χ3v) is 7.87. The van der Waals surface area contributed by atoms with E-state index in [9.17, 15) is 8.42 Å². The molecule has 0 amide bonds. The summed E-state index contributed by atoms with van der Waals surface area (Å²) in [7, 11) is 0.530. The minimum atomic E-state index is -3.28. The summed E-state index contributed by atoms with van der Waals surface area (Å²) in [6.45, 7) is 6.29. The SMILES string of the molecule is CCS(=O)(=O)c1cccc(-c2ccc(OC)c3[nH]c4ncc(C)cc4c23)c1.CN1CCCC1.[HH]. The Balaban J connectivity index is 0.000000405. The van der Waals surface area contributed by atoms with Gasteiger partial charge >= 0.3 is 0 Å². The zero-order valence-corrected chi connectivity index (χ0v) is 20.5. The van der Waals surface area contributed by atoms with Crippen LogP contribution < -0.4 is 4.74 Å². The number of benzene rings is 2. The zero-order valence-electron chi connectivity index (χ0n) is 19.7. The number of aromatic nitrogens is 2. The molecular formula is C26H33N3O3S. The molecule has 0 spiro atoms. The van der Waals surface area contributed by atoms with Gasteiger partial charge in [0, 0.05) is 18.4 Å². The van der Waals surface area contributed by atoms with Crippen LogP contribution in [0.15, 0.2) is 53.6 Å². The van der Waals surface area contributed by atoms with Crippen LogP contribution in [-0.4, -0.2) is 56.3 Å². The molecule has 1 aliphatic heterocycles. The number of aromatic amines is 1. The van der Waals surface area contributed by atoms with Gasteiger partial charge in [0.05, 0.1) is 23.3 Å². The number of H-pyrrole nitrogens is 1. The van der Waals surface area contributed by atoms with E-state index >= 15 is 0 Å². The second-order valence-electron chi connectivity index (χ2n) is 8.54. The first-order valence-corrected chi connectivity index (χ1v) is 13.0. The first kappa shape index (κ1) is 23.3. The molecule has 2 aromatic heterocycles. The van der Waals surface area contributed by atoms with Crippen LogP contribution in [0.1, 0.15) is 26.8 Å². The normalized spacial score (nSPS) is 14.4. The summed E-state index contributed by atoms with van der Waals surface area (Å²) < 4.78 is 30.2. The van der Waals surface area contributed by atoms with Crippen LogP contribution in [0.2, 0.25) is 0 Å². The van der Waals surface area contributed by atoms with Crippen LogP contribution in [-0.2, 0) is 9.84 Å². The molecule has 1 aliphatic rings. The lowest BCUT2D eigenvalue weighted by molar-refractivity contribution is 0.418. The highest BCUT2D eigenvalue weighted by Crippen LogP contribution is 2.39. The van der Waals surface area contributed by atoms with Gasteiger partial charge in [-0.25, -0.2) is 13.4 Å². The number of hydrogen-bond donors (Lipinski definition) is 1. The third kappa shape index (κ3) is 4.75. The minimum Gasteiger partial charge on any atom is -0.495 e. The number of nitrogens with zero attached hydrogens (tertiary/aromatic N) is 2. The van der Waals surface area contributed by atoms with Gasteiger partial charge in [-0.1, -0.05) is 19.1 Å². The van der Waals surface area contributed by atoms with Crippen LogP contribution in [0.25, 0.3) is 33.1 Å². The Kier molecular flexibility index (Phi) is 6.72. The molecule has 0 radical (unpaired) electrons. The van der Waals surface area contributed by atoms with Crippen LogP contribution in [0.5, 0.6) is 5.75 Å². The summed E-state index contributed by atoms with van der Waals surface area (Å²) in [5, 5.41) is 1.97. The van der Waals surface area contributed by atoms with E-state index in [-0.39, 0.29) is 7.18 Å². The smallest absolute Gasteiger partial charge is 0.178 e. The van der Waals surface area contributed by atoms with Crippen molar-refractivity contribution in [3.05, 3.63) is 54.2 Å². The molecule has 0 aliphatic carbocycles.